The summed E-state index contributed by atoms with van der Waals surface area (Å²) in [7, 11) is 1.53. The Morgan fingerprint density at radius 2 is 1.75 bits per heavy atom. The van der Waals surface area contributed by atoms with Crippen molar-refractivity contribution in [3.8, 4) is 0 Å². The van der Waals surface area contributed by atoms with Gasteiger partial charge in [-0.15, -0.1) is 0 Å². The van der Waals surface area contributed by atoms with E-state index in [-0.39, 0.29) is 21.1 Å². The Balaban J connectivity index is 0. The molecule has 0 spiro atoms. The Labute approximate surface area is 40.0 Å². The second kappa shape index (κ2) is 9.49. The molecule has 0 saturated carbocycles. The number of nitrogens with two attached hydrogens (primary N) is 1. The number of hydrogen-bond acceptors (Lipinski definition) is 1. The van der Waals surface area contributed by atoms with Crippen LogP contribution in [-0.2, 0) is 21.1 Å². The van der Waals surface area contributed by atoms with Gasteiger partial charge in [-0.25, -0.2) is 0 Å². The van der Waals surface area contributed by atoms with Crippen LogP contribution in [0, 0.1) is 0 Å². The van der Waals surface area contributed by atoms with Gasteiger partial charge in [-0.3, -0.25) is 0 Å². The first-order valence-electron chi connectivity index (χ1n) is 0.705. The third-order valence-corrected chi connectivity index (χ3v) is 0. The normalized spacial score (nSPS) is 4.50. The molecule has 0 atom stereocenters. The smallest absolute Gasteiger partial charge is 0 e. The van der Waals surface area contributed by atoms with E-state index in [0.717, 1.165) is 0 Å². The van der Waals surface area contributed by atoms with Gasteiger partial charge in [0.05, 0.1) is 0 Å². The van der Waals surface area contributed by atoms with E-state index in [4.69, 9.17) is 0 Å². The van der Waals surface area contributed by atoms with Crippen LogP contribution in [0.2, 0.25) is 0 Å². The second-order valence-corrected chi connectivity index (χ2v) is 0.258. The summed E-state index contributed by atoms with van der Waals surface area (Å²) in [6, 6.07) is 0. The first-order valence-corrected chi connectivity index (χ1v) is 0.705. The van der Waals surface area contributed by atoms with Gasteiger partial charge in [0, 0.05) is 21.1 Å². The van der Waals surface area contributed by atoms with Crippen LogP contribution in [-0.4, -0.2) is 7.05 Å². The average molecular weight is 229 g/mol. The van der Waals surface area contributed by atoms with Crippen molar-refractivity contribution < 1.29 is 21.1 Å². The summed E-state index contributed by atoms with van der Waals surface area (Å²) in [4.78, 5) is 0. The Morgan fingerprint density at radius 1 is 1.75 bits per heavy atom. The van der Waals surface area contributed by atoms with Crippen molar-refractivity contribution in [3.05, 3.63) is 5.43 Å². The van der Waals surface area contributed by atoms with Crippen molar-refractivity contribution in [2.75, 3.05) is 7.05 Å². The Kier molecular flexibility index (Phi) is 20.9. The van der Waals surface area contributed by atoms with E-state index in [1.165, 1.54) is 7.05 Å². The van der Waals surface area contributed by atoms with E-state index >= 15 is 0 Å². The minimum atomic E-state index is 0. The van der Waals surface area contributed by atoms with Crippen molar-refractivity contribution >= 4 is 0 Å². The van der Waals surface area contributed by atoms with Crippen molar-refractivity contribution in [1.29, 1.82) is 0 Å². The van der Waals surface area contributed by atoms with Crippen LogP contribution in [0.4, 0.5) is 0 Å². The number of nitrogens with zero attached hydrogens (tertiary/aromatic N) is 1. The third kappa shape index (κ3) is 18.2. The molecule has 2 nitrogen and oxygen atoms in total. The SMILES string of the molecule is C[N-]N.[W]. The fourth-order valence-corrected chi connectivity index (χ4v) is 0. The molecule has 0 aromatic carbocycles. The minimum Gasteiger partial charge on any atom is -0.603 e. The van der Waals surface area contributed by atoms with E-state index in [1.807, 2.05) is 0 Å². The van der Waals surface area contributed by atoms with Crippen molar-refractivity contribution in [2.24, 2.45) is 5.84 Å². The van der Waals surface area contributed by atoms with Gasteiger partial charge < -0.3 is 11.3 Å². The minimum absolute atomic E-state index is 0. The molecule has 0 unspecified atom stereocenters. The maximum Gasteiger partial charge on any atom is 0 e. The standard InChI is InChI=1S/CH5N2.W/c1-3-2;/h2H2,1H3;/q-1;. The molecule has 0 radical (unpaired) electrons. The summed E-state index contributed by atoms with van der Waals surface area (Å²) < 4.78 is 0. The van der Waals surface area contributed by atoms with Crippen molar-refractivity contribution in [3.63, 3.8) is 0 Å². The zero-order valence-corrected chi connectivity index (χ0v) is 5.37. The van der Waals surface area contributed by atoms with Crippen LogP contribution >= 0.6 is 0 Å². The van der Waals surface area contributed by atoms with Crippen LogP contribution in [0.1, 0.15) is 0 Å². The van der Waals surface area contributed by atoms with Gasteiger partial charge in [0.1, 0.15) is 0 Å². The van der Waals surface area contributed by atoms with Gasteiger partial charge in [0.2, 0.25) is 0 Å². The zero-order chi connectivity index (χ0) is 2.71. The quantitative estimate of drug-likeness (QED) is 0.455. The van der Waals surface area contributed by atoms with Crippen molar-refractivity contribution in [1.82, 2.24) is 0 Å². The van der Waals surface area contributed by atoms with Crippen LogP contribution in [0.15, 0.2) is 0 Å². The summed E-state index contributed by atoms with van der Waals surface area (Å²) >= 11 is 0. The molecule has 0 heterocycles. The monoisotopic (exact) mass is 229 g/mol. The third-order valence-electron chi connectivity index (χ3n) is 0. The summed E-state index contributed by atoms with van der Waals surface area (Å²) in [5.74, 6) is 4.47. The molecule has 0 saturated heterocycles. The number of rotatable bonds is 0. The fraction of sp³-hybridized carbons (Fsp3) is 1.00. The Bertz CT molecular complexity index is 6.00. The maximum absolute atomic E-state index is 4.47. The predicted octanol–water partition coefficient (Wildman–Crippen LogP) is -0.139. The molecule has 3 heteroatoms. The topological polar surface area (TPSA) is 40.1 Å². The van der Waals surface area contributed by atoms with Gasteiger partial charge in [0.15, 0.2) is 0 Å². The summed E-state index contributed by atoms with van der Waals surface area (Å²) in [5, 5.41) is 0. The largest absolute Gasteiger partial charge is 0.603 e. The molecule has 26 valence electrons. The molecule has 0 fully saturated rings. The molecular formula is CH5N2W-. The van der Waals surface area contributed by atoms with E-state index in [0.29, 0.717) is 0 Å². The zero-order valence-electron chi connectivity index (χ0n) is 2.43. The van der Waals surface area contributed by atoms with E-state index in [1.54, 1.807) is 0 Å². The van der Waals surface area contributed by atoms with Gasteiger partial charge in [-0.1, -0.05) is 0 Å². The van der Waals surface area contributed by atoms with Crippen LogP contribution < -0.4 is 5.84 Å². The van der Waals surface area contributed by atoms with Crippen LogP contribution in [0.25, 0.3) is 5.43 Å². The fourth-order valence-electron chi connectivity index (χ4n) is 0. The van der Waals surface area contributed by atoms with Gasteiger partial charge >= 0.3 is 0 Å². The Morgan fingerprint density at radius 3 is 1.75 bits per heavy atom. The number of hydrogen-bond donors (Lipinski definition) is 1. The first-order chi connectivity index (χ1) is 1.41. The van der Waals surface area contributed by atoms with Gasteiger partial charge in [-0.05, 0) is 0 Å². The molecule has 0 aromatic rings. The van der Waals surface area contributed by atoms with Gasteiger partial charge in [-0.2, -0.15) is 7.05 Å². The molecule has 0 aliphatic heterocycles. The molecular weight excluding hydrogens is 224 g/mol. The predicted molar refractivity (Wildman–Crippen MR) is 13.5 cm³/mol. The molecule has 0 bridgehead atoms. The average Bonchev–Trinajstić information content (AvgIpc) is 0.918. The maximum atomic E-state index is 4.47. The molecule has 0 amide bonds. The summed E-state index contributed by atoms with van der Waals surface area (Å²) in [6.45, 7) is 0. The van der Waals surface area contributed by atoms with Crippen molar-refractivity contribution in [2.45, 2.75) is 0 Å². The molecule has 0 aromatic heterocycles. The molecule has 4 heavy (non-hydrogen) atoms. The van der Waals surface area contributed by atoms with E-state index in [2.05, 4.69) is 11.3 Å². The molecule has 2 N–H and O–H groups in total. The van der Waals surface area contributed by atoms with Gasteiger partial charge in [0.25, 0.3) is 0 Å². The van der Waals surface area contributed by atoms with Crippen LogP contribution in [0.3, 0.4) is 0 Å². The molecule has 0 aliphatic carbocycles. The van der Waals surface area contributed by atoms with E-state index < -0.39 is 0 Å². The summed E-state index contributed by atoms with van der Waals surface area (Å²) in [5.41, 5.74) is 3.00. The first kappa shape index (κ1) is 8.82. The van der Waals surface area contributed by atoms with E-state index in [9.17, 15) is 0 Å². The molecule has 0 rings (SSSR count). The Hall–Kier alpha value is 0.608. The molecule has 0 aliphatic rings. The van der Waals surface area contributed by atoms with Crippen LogP contribution in [0.5, 0.6) is 0 Å². The summed E-state index contributed by atoms with van der Waals surface area (Å²) in [6.07, 6.45) is 0. The second-order valence-electron chi connectivity index (χ2n) is 0.258.